The molecule has 0 aromatic heterocycles. The maximum absolute atomic E-state index is 12.5. The highest BCUT2D eigenvalue weighted by Gasteiger charge is 2.82. The Labute approximate surface area is 118 Å². The van der Waals surface area contributed by atoms with E-state index in [0.717, 1.165) is 6.92 Å². The zero-order valence-electron chi connectivity index (χ0n) is 11.0. The molecule has 0 amide bonds. The Balaban J connectivity index is 5.30. The first-order valence-electron chi connectivity index (χ1n) is 5.60. The Morgan fingerprint density at radius 1 is 0.909 bits per heavy atom. The summed E-state index contributed by atoms with van der Waals surface area (Å²) in [5.41, 5.74) is -6.07. The predicted molar refractivity (Wildman–Crippen MR) is 55.6 cm³/mol. The number of carbonyl (C=O) groups excluding carboxylic acids is 1. The molecule has 0 atom stereocenters. The Morgan fingerprint density at radius 3 is 1.55 bits per heavy atom. The van der Waals surface area contributed by atoms with E-state index in [4.69, 9.17) is 0 Å². The number of carbonyl (C=O) groups is 1. The van der Waals surface area contributed by atoms with E-state index in [0.29, 0.717) is 0 Å². The third-order valence-electron chi connectivity index (χ3n) is 2.73. The minimum atomic E-state index is -6.60. The molecule has 0 aliphatic heterocycles. The summed E-state index contributed by atoms with van der Waals surface area (Å²) < 4.78 is 117. The molecule has 0 aromatic rings. The normalized spacial score (nSPS) is 13.9. The summed E-state index contributed by atoms with van der Waals surface area (Å²) in [6, 6.07) is 0. The summed E-state index contributed by atoms with van der Waals surface area (Å²) in [6.45, 7) is 3.20. The standard InChI is InChI=1S/C11H11F9O2/c1-6(2)7(21)22-5-3-4-8(9(12,13)14,10(15,16)17)11(18,19)20/h1,3-5H2,2H3. The van der Waals surface area contributed by atoms with Crippen LogP contribution in [0.1, 0.15) is 19.8 Å². The van der Waals surface area contributed by atoms with Crippen molar-refractivity contribution in [2.45, 2.75) is 38.3 Å². The van der Waals surface area contributed by atoms with Crippen LogP contribution in [-0.2, 0) is 9.53 Å². The Morgan fingerprint density at radius 2 is 1.27 bits per heavy atom. The topological polar surface area (TPSA) is 26.3 Å². The summed E-state index contributed by atoms with van der Waals surface area (Å²) >= 11 is 0. The van der Waals surface area contributed by atoms with E-state index in [-0.39, 0.29) is 5.57 Å². The lowest BCUT2D eigenvalue weighted by Crippen LogP contribution is -2.59. The van der Waals surface area contributed by atoms with Crippen molar-refractivity contribution in [1.82, 2.24) is 0 Å². The van der Waals surface area contributed by atoms with E-state index in [1.165, 1.54) is 0 Å². The third kappa shape index (κ3) is 4.07. The molecule has 0 unspecified atom stereocenters. The van der Waals surface area contributed by atoms with Crippen molar-refractivity contribution in [3.05, 3.63) is 12.2 Å². The third-order valence-corrected chi connectivity index (χ3v) is 2.73. The number of hydrogen-bond donors (Lipinski definition) is 0. The first kappa shape index (κ1) is 20.6. The van der Waals surface area contributed by atoms with Gasteiger partial charge in [-0.05, 0) is 19.8 Å². The van der Waals surface area contributed by atoms with Crippen molar-refractivity contribution in [2.75, 3.05) is 6.61 Å². The van der Waals surface area contributed by atoms with E-state index < -0.39 is 49.4 Å². The van der Waals surface area contributed by atoms with E-state index in [2.05, 4.69) is 11.3 Å². The average molecular weight is 346 g/mol. The monoisotopic (exact) mass is 346 g/mol. The molecule has 0 aliphatic carbocycles. The van der Waals surface area contributed by atoms with Gasteiger partial charge in [0, 0.05) is 5.57 Å². The summed E-state index contributed by atoms with van der Waals surface area (Å²) in [5, 5.41) is 0. The van der Waals surface area contributed by atoms with Crippen molar-refractivity contribution >= 4 is 5.97 Å². The van der Waals surface area contributed by atoms with Gasteiger partial charge in [-0.3, -0.25) is 0 Å². The second kappa shape index (κ2) is 6.37. The molecule has 0 rings (SSSR count). The van der Waals surface area contributed by atoms with Crippen LogP contribution in [0, 0.1) is 5.41 Å². The minimum Gasteiger partial charge on any atom is -0.462 e. The zero-order valence-corrected chi connectivity index (χ0v) is 11.0. The number of rotatable bonds is 5. The maximum Gasteiger partial charge on any atom is 0.412 e. The lowest BCUT2D eigenvalue weighted by Gasteiger charge is -2.38. The first-order valence-corrected chi connectivity index (χ1v) is 5.60. The zero-order chi connectivity index (χ0) is 18.0. The summed E-state index contributed by atoms with van der Waals surface area (Å²) in [4.78, 5) is 10.9. The number of ether oxygens (including phenoxy) is 1. The van der Waals surface area contributed by atoms with Crippen molar-refractivity contribution < 1.29 is 49.0 Å². The number of halogens is 9. The van der Waals surface area contributed by atoms with E-state index in [1.54, 1.807) is 0 Å². The molecule has 2 nitrogen and oxygen atoms in total. The highest BCUT2D eigenvalue weighted by Crippen LogP contribution is 2.61. The van der Waals surface area contributed by atoms with E-state index >= 15 is 0 Å². The van der Waals surface area contributed by atoms with Gasteiger partial charge in [-0.25, -0.2) is 4.79 Å². The van der Waals surface area contributed by atoms with Gasteiger partial charge in [-0.1, -0.05) is 6.58 Å². The Bertz CT molecular complexity index is 381. The van der Waals surface area contributed by atoms with Gasteiger partial charge in [-0.15, -0.1) is 0 Å². The molecule has 0 spiro atoms. The molecule has 0 aromatic carbocycles. The molecule has 0 bridgehead atoms. The van der Waals surface area contributed by atoms with Gasteiger partial charge >= 0.3 is 24.5 Å². The van der Waals surface area contributed by atoms with Gasteiger partial charge < -0.3 is 4.74 Å². The number of hydrogen-bond acceptors (Lipinski definition) is 2. The molecule has 0 aliphatic rings. The van der Waals surface area contributed by atoms with Crippen LogP contribution < -0.4 is 0 Å². The first-order chi connectivity index (χ1) is 9.58. The van der Waals surface area contributed by atoms with Crippen LogP contribution in [0.3, 0.4) is 0 Å². The highest BCUT2D eigenvalue weighted by molar-refractivity contribution is 5.86. The smallest absolute Gasteiger partial charge is 0.412 e. The highest BCUT2D eigenvalue weighted by atomic mass is 19.4. The lowest BCUT2D eigenvalue weighted by atomic mass is 9.80. The lowest BCUT2D eigenvalue weighted by molar-refractivity contribution is -0.429. The number of esters is 1. The Kier molecular flexibility index (Phi) is 5.96. The molecule has 0 saturated heterocycles. The van der Waals surface area contributed by atoms with Gasteiger partial charge in [0.2, 0.25) is 0 Å². The Hall–Kier alpha value is -1.42. The van der Waals surface area contributed by atoms with Gasteiger partial charge in [0.25, 0.3) is 5.41 Å². The molecule has 0 fully saturated rings. The van der Waals surface area contributed by atoms with E-state index in [9.17, 15) is 44.3 Å². The molecule has 11 heteroatoms. The van der Waals surface area contributed by atoms with Gasteiger partial charge in [0.1, 0.15) is 0 Å². The molecule has 22 heavy (non-hydrogen) atoms. The summed E-state index contributed by atoms with van der Waals surface area (Å²) in [5.74, 6) is -1.13. The van der Waals surface area contributed by atoms with Gasteiger partial charge in [0.05, 0.1) is 6.61 Å². The van der Waals surface area contributed by atoms with Crippen LogP contribution in [-0.4, -0.2) is 31.1 Å². The van der Waals surface area contributed by atoms with E-state index in [1.807, 2.05) is 0 Å². The molecule has 0 radical (unpaired) electrons. The molecule has 0 N–H and O–H groups in total. The van der Waals surface area contributed by atoms with Gasteiger partial charge in [-0.2, -0.15) is 39.5 Å². The minimum absolute atomic E-state index is 0.200. The van der Waals surface area contributed by atoms with Crippen LogP contribution in [0.2, 0.25) is 0 Å². The summed E-state index contributed by atoms with van der Waals surface area (Å²) in [7, 11) is 0. The largest absolute Gasteiger partial charge is 0.462 e. The maximum atomic E-state index is 12.5. The van der Waals surface area contributed by atoms with Crippen molar-refractivity contribution in [3.63, 3.8) is 0 Å². The second-order valence-corrected chi connectivity index (χ2v) is 4.42. The second-order valence-electron chi connectivity index (χ2n) is 4.42. The SMILES string of the molecule is C=C(C)C(=O)OCCCC(C(F)(F)F)(C(F)(F)F)C(F)(F)F. The van der Waals surface area contributed by atoms with Crippen molar-refractivity contribution in [1.29, 1.82) is 0 Å². The molecular weight excluding hydrogens is 335 g/mol. The predicted octanol–water partition coefficient (Wildman–Crippen LogP) is 4.56. The molecule has 0 heterocycles. The molecule has 130 valence electrons. The van der Waals surface area contributed by atoms with Crippen LogP contribution in [0.5, 0.6) is 0 Å². The van der Waals surface area contributed by atoms with Crippen LogP contribution in [0.25, 0.3) is 0 Å². The quantitative estimate of drug-likeness (QED) is 0.316. The van der Waals surface area contributed by atoms with Crippen molar-refractivity contribution in [3.8, 4) is 0 Å². The average Bonchev–Trinajstić information content (AvgIpc) is 2.22. The fourth-order valence-electron chi connectivity index (χ4n) is 1.53. The van der Waals surface area contributed by atoms with Crippen LogP contribution in [0.4, 0.5) is 39.5 Å². The number of alkyl halides is 9. The summed E-state index contributed by atoms with van der Waals surface area (Å²) in [6.07, 6.45) is -23.4. The van der Waals surface area contributed by atoms with Crippen LogP contribution in [0.15, 0.2) is 12.2 Å². The molecular formula is C11H11F9O2. The van der Waals surface area contributed by atoms with Gasteiger partial charge in [0.15, 0.2) is 0 Å². The van der Waals surface area contributed by atoms with Crippen LogP contribution >= 0.6 is 0 Å². The molecule has 0 saturated carbocycles. The fourth-order valence-corrected chi connectivity index (χ4v) is 1.53. The van der Waals surface area contributed by atoms with Crippen molar-refractivity contribution in [2.24, 2.45) is 5.41 Å². The fraction of sp³-hybridized carbons (Fsp3) is 0.727.